The first kappa shape index (κ1) is 14.1. The molecule has 0 aliphatic carbocycles. The van der Waals surface area contributed by atoms with Crippen LogP contribution in [0.5, 0.6) is 0 Å². The number of benzene rings is 1. The van der Waals surface area contributed by atoms with Crippen molar-refractivity contribution < 1.29 is 14.7 Å². The van der Waals surface area contributed by atoms with Crippen molar-refractivity contribution in [1.29, 1.82) is 0 Å². The van der Waals surface area contributed by atoms with Crippen LogP contribution >= 0.6 is 0 Å². The molecule has 0 bridgehead atoms. The maximum atomic E-state index is 12.2. The van der Waals surface area contributed by atoms with Gasteiger partial charge in [0.1, 0.15) is 0 Å². The highest BCUT2D eigenvalue weighted by atomic mass is 16.5. The Labute approximate surface area is 117 Å². The van der Waals surface area contributed by atoms with Gasteiger partial charge in [0.2, 0.25) is 0 Å². The number of urea groups is 1. The van der Waals surface area contributed by atoms with Crippen LogP contribution in [0.2, 0.25) is 0 Å². The van der Waals surface area contributed by atoms with Crippen LogP contribution in [-0.4, -0.2) is 43.4 Å². The number of nitrogens with two attached hydrogens (primary N) is 1. The van der Waals surface area contributed by atoms with E-state index >= 15 is 0 Å². The highest BCUT2D eigenvalue weighted by Crippen LogP contribution is 2.19. The van der Waals surface area contributed by atoms with Gasteiger partial charge in [-0.2, -0.15) is 0 Å². The lowest BCUT2D eigenvalue weighted by Crippen LogP contribution is -2.44. The fourth-order valence-corrected chi connectivity index (χ4v) is 2.07. The number of oxime groups is 1. The lowest BCUT2D eigenvalue weighted by Gasteiger charge is -2.22. The minimum Gasteiger partial charge on any atom is -0.409 e. The molecular weight excluding hydrogens is 260 g/mol. The quantitative estimate of drug-likeness (QED) is 0.328. The zero-order valence-corrected chi connectivity index (χ0v) is 11.2. The molecule has 108 valence electrons. The van der Waals surface area contributed by atoms with Crippen molar-refractivity contribution in [2.45, 2.75) is 12.5 Å². The van der Waals surface area contributed by atoms with Gasteiger partial charge < -0.3 is 21.0 Å². The largest absolute Gasteiger partial charge is 0.409 e. The topological polar surface area (TPSA) is 100 Å². The van der Waals surface area contributed by atoms with Crippen LogP contribution in [0, 0.1) is 0 Å². The van der Waals surface area contributed by atoms with Crippen LogP contribution in [0.3, 0.4) is 0 Å². The Morgan fingerprint density at radius 1 is 1.55 bits per heavy atom. The molecule has 7 heteroatoms. The summed E-state index contributed by atoms with van der Waals surface area (Å²) in [6.45, 7) is 1.19. The minimum absolute atomic E-state index is 0.0287. The lowest BCUT2D eigenvalue weighted by molar-refractivity contribution is 0.189. The maximum absolute atomic E-state index is 12.2. The van der Waals surface area contributed by atoms with E-state index in [0.717, 1.165) is 6.42 Å². The number of ether oxygens (including phenoxy) is 1. The van der Waals surface area contributed by atoms with E-state index in [1.165, 1.54) is 4.90 Å². The zero-order chi connectivity index (χ0) is 14.5. The van der Waals surface area contributed by atoms with Gasteiger partial charge >= 0.3 is 6.03 Å². The summed E-state index contributed by atoms with van der Waals surface area (Å²) < 4.78 is 5.22. The molecule has 4 N–H and O–H groups in total. The third-order valence-corrected chi connectivity index (χ3v) is 3.21. The first-order valence-corrected chi connectivity index (χ1v) is 6.32. The fraction of sp³-hybridized carbons (Fsp3) is 0.385. The number of anilines is 1. The number of para-hydroxylation sites is 1. The second-order valence-corrected chi connectivity index (χ2v) is 4.57. The molecule has 1 saturated heterocycles. The Kier molecular flexibility index (Phi) is 4.41. The van der Waals surface area contributed by atoms with E-state index in [2.05, 4.69) is 10.5 Å². The highest BCUT2D eigenvalue weighted by molar-refractivity contribution is 6.05. The number of amidine groups is 1. The van der Waals surface area contributed by atoms with Gasteiger partial charge in [0.25, 0.3) is 0 Å². The molecule has 0 aromatic heterocycles. The Morgan fingerprint density at radius 3 is 2.95 bits per heavy atom. The van der Waals surface area contributed by atoms with Crippen LogP contribution < -0.4 is 16.0 Å². The number of amides is 2. The summed E-state index contributed by atoms with van der Waals surface area (Å²) in [5.74, 6) is -0.0375. The molecule has 1 aliphatic heterocycles. The van der Waals surface area contributed by atoms with E-state index in [0.29, 0.717) is 24.5 Å². The molecule has 7 nitrogen and oxygen atoms in total. The Balaban J connectivity index is 2.15. The summed E-state index contributed by atoms with van der Waals surface area (Å²) >= 11 is 0. The van der Waals surface area contributed by atoms with Crippen molar-refractivity contribution in [1.82, 2.24) is 5.32 Å². The van der Waals surface area contributed by atoms with Gasteiger partial charge in [-0.25, -0.2) is 4.79 Å². The van der Waals surface area contributed by atoms with Crippen LogP contribution in [0.4, 0.5) is 10.5 Å². The Bertz CT molecular complexity index is 512. The SMILES string of the molecule is CN(C(=O)NC1CCOC1)c1ccccc1/C(N)=N/O. The van der Waals surface area contributed by atoms with Crippen molar-refractivity contribution in [3.8, 4) is 0 Å². The molecule has 1 heterocycles. The van der Waals surface area contributed by atoms with Crippen molar-refractivity contribution in [3.05, 3.63) is 29.8 Å². The highest BCUT2D eigenvalue weighted by Gasteiger charge is 2.22. The van der Waals surface area contributed by atoms with E-state index in [4.69, 9.17) is 15.7 Å². The molecule has 1 unspecified atom stereocenters. The predicted octanol–water partition coefficient (Wildman–Crippen LogP) is 0.716. The summed E-state index contributed by atoms with van der Waals surface area (Å²) in [6, 6.07) is 6.74. The van der Waals surface area contributed by atoms with Gasteiger partial charge in [0, 0.05) is 19.2 Å². The van der Waals surface area contributed by atoms with E-state index in [9.17, 15) is 4.79 Å². The van der Waals surface area contributed by atoms with Gasteiger partial charge in [0.15, 0.2) is 5.84 Å². The average Bonchev–Trinajstić information content (AvgIpc) is 2.98. The second-order valence-electron chi connectivity index (χ2n) is 4.57. The van der Waals surface area contributed by atoms with Crippen molar-refractivity contribution in [2.75, 3.05) is 25.2 Å². The average molecular weight is 278 g/mol. The number of nitrogens with zero attached hydrogens (tertiary/aromatic N) is 2. The molecule has 2 amide bonds. The number of rotatable bonds is 3. The summed E-state index contributed by atoms with van der Waals surface area (Å²) in [5, 5.41) is 14.7. The molecule has 0 radical (unpaired) electrons. The van der Waals surface area contributed by atoms with Gasteiger partial charge in [0.05, 0.1) is 18.3 Å². The molecule has 0 spiro atoms. The van der Waals surface area contributed by atoms with Crippen LogP contribution in [0.1, 0.15) is 12.0 Å². The Morgan fingerprint density at radius 2 is 2.30 bits per heavy atom. The van der Waals surface area contributed by atoms with Gasteiger partial charge in [-0.05, 0) is 18.6 Å². The molecule has 1 aromatic carbocycles. The number of hydrogen-bond donors (Lipinski definition) is 3. The number of carbonyl (C=O) groups is 1. The first-order valence-electron chi connectivity index (χ1n) is 6.32. The van der Waals surface area contributed by atoms with Gasteiger partial charge in [-0.15, -0.1) is 0 Å². The molecule has 1 fully saturated rings. The lowest BCUT2D eigenvalue weighted by atomic mass is 10.1. The monoisotopic (exact) mass is 278 g/mol. The summed E-state index contributed by atoms with van der Waals surface area (Å²) in [4.78, 5) is 13.6. The van der Waals surface area contributed by atoms with Crippen molar-refractivity contribution in [2.24, 2.45) is 10.9 Å². The summed E-state index contributed by atoms with van der Waals surface area (Å²) in [7, 11) is 1.63. The zero-order valence-electron chi connectivity index (χ0n) is 11.2. The van der Waals surface area contributed by atoms with Crippen molar-refractivity contribution >= 4 is 17.6 Å². The normalized spacial score (nSPS) is 18.9. The molecule has 0 saturated carbocycles. The molecule has 2 rings (SSSR count). The van der Waals surface area contributed by atoms with Crippen LogP contribution in [0.25, 0.3) is 0 Å². The number of hydrogen-bond acceptors (Lipinski definition) is 4. The summed E-state index contributed by atoms with van der Waals surface area (Å²) in [5.41, 5.74) is 6.68. The molecule has 20 heavy (non-hydrogen) atoms. The van der Waals surface area contributed by atoms with Crippen LogP contribution in [0.15, 0.2) is 29.4 Å². The first-order chi connectivity index (χ1) is 9.63. The smallest absolute Gasteiger partial charge is 0.321 e. The fourth-order valence-electron chi connectivity index (χ4n) is 2.07. The van der Waals surface area contributed by atoms with Gasteiger partial charge in [-0.1, -0.05) is 17.3 Å². The standard InChI is InChI=1S/C13H18N4O3/c1-17(13(18)15-9-6-7-20-8-9)11-5-3-2-4-10(11)12(14)16-19/h2-5,9,19H,6-8H2,1H3,(H2,14,16)(H,15,18). The van der Waals surface area contributed by atoms with E-state index in [-0.39, 0.29) is 17.9 Å². The van der Waals surface area contributed by atoms with E-state index in [1.54, 1.807) is 31.3 Å². The molecule has 1 aliphatic rings. The molecule has 1 aromatic rings. The van der Waals surface area contributed by atoms with Gasteiger partial charge in [-0.3, -0.25) is 4.90 Å². The predicted molar refractivity (Wildman–Crippen MR) is 75.1 cm³/mol. The van der Waals surface area contributed by atoms with E-state index in [1.807, 2.05) is 0 Å². The van der Waals surface area contributed by atoms with E-state index < -0.39 is 0 Å². The molecular formula is C13H18N4O3. The molecule has 1 atom stereocenters. The number of carbonyl (C=O) groups excluding carboxylic acids is 1. The third-order valence-electron chi connectivity index (χ3n) is 3.21. The summed E-state index contributed by atoms with van der Waals surface area (Å²) in [6.07, 6.45) is 0.807. The van der Waals surface area contributed by atoms with Crippen LogP contribution in [-0.2, 0) is 4.74 Å². The minimum atomic E-state index is -0.251. The number of nitrogens with one attached hydrogen (secondary N) is 1. The third kappa shape index (κ3) is 3.00. The Hall–Kier alpha value is -2.28. The second kappa shape index (κ2) is 6.25. The maximum Gasteiger partial charge on any atom is 0.321 e. The van der Waals surface area contributed by atoms with Crippen molar-refractivity contribution in [3.63, 3.8) is 0 Å².